The number of aromatic hydroxyl groups is 4. The highest BCUT2D eigenvalue weighted by molar-refractivity contribution is 5.83. The van der Waals surface area contributed by atoms with Gasteiger partial charge in [0.2, 0.25) is 0 Å². The highest BCUT2D eigenvalue weighted by Crippen LogP contribution is 2.39. The van der Waals surface area contributed by atoms with Gasteiger partial charge in [0.25, 0.3) is 0 Å². The molecule has 49 heavy (non-hydrogen) atoms. The Morgan fingerprint density at radius 1 is 0.673 bits per heavy atom. The van der Waals surface area contributed by atoms with Gasteiger partial charge in [0.15, 0.2) is 17.5 Å². The molecule has 0 atom stereocenters. The molecule has 7 heteroatoms. The Balaban J connectivity index is 0.000000529. The van der Waals surface area contributed by atoms with E-state index in [0.29, 0.717) is 28.1 Å². The molecular weight excluding hydrogens is 610 g/mol. The number of hydrogen-bond donors (Lipinski definition) is 4. The monoisotopic (exact) mass is 659 g/mol. The maximum Gasteiger partial charge on any atom is 0.167 e. The Morgan fingerprint density at radius 2 is 1.22 bits per heavy atom. The second-order valence-corrected chi connectivity index (χ2v) is 12.4. The predicted octanol–water partition coefficient (Wildman–Crippen LogP) is 10.7. The van der Waals surface area contributed by atoms with Gasteiger partial charge in [0.05, 0.1) is 11.1 Å². The number of hydrogen-bond acceptors (Lipinski definition) is 7. The summed E-state index contributed by atoms with van der Waals surface area (Å²) < 4.78 is 0. The van der Waals surface area contributed by atoms with Crippen LogP contribution in [0.15, 0.2) is 78.9 Å². The van der Waals surface area contributed by atoms with Crippen molar-refractivity contribution in [3.05, 3.63) is 107 Å². The third-order valence-electron chi connectivity index (χ3n) is 9.21. The van der Waals surface area contributed by atoms with Crippen LogP contribution in [-0.4, -0.2) is 35.4 Å². The fourth-order valence-corrected chi connectivity index (χ4v) is 5.79. The Kier molecular flexibility index (Phi) is 12.6. The number of unbranched alkanes of at least 4 members (excludes halogenated alkanes) is 1. The molecule has 0 unspecified atom stereocenters. The van der Waals surface area contributed by atoms with Gasteiger partial charge in [-0.25, -0.2) is 15.0 Å². The number of benzene rings is 4. The van der Waals surface area contributed by atoms with Gasteiger partial charge in [-0.2, -0.15) is 0 Å². The molecule has 7 nitrogen and oxygen atoms in total. The molecule has 0 aliphatic carbocycles. The van der Waals surface area contributed by atoms with Crippen LogP contribution in [0.1, 0.15) is 87.9 Å². The molecule has 0 spiro atoms. The first-order valence-corrected chi connectivity index (χ1v) is 17.2. The average molecular weight is 660 g/mol. The van der Waals surface area contributed by atoms with Crippen molar-refractivity contribution in [2.24, 2.45) is 5.92 Å². The van der Waals surface area contributed by atoms with Gasteiger partial charge >= 0.3 is 0 Å². The molecule has 0 saturated carbocycles. The van der Waals surface area contributed by atoms with Crippen molar-refractivity contribution in [3.63, 3.8) is 0 Å². The third kappa shape index (κ3) is 8.47. The summed E-state index contributed by atoms with van der Waals surface area (Å²) in [5.74, 6) is 1.27. The van der Waals surface area contributed by atoms with Crippen LogP contribution < -0.4 is 0 Å². The summed E-state index contributed by atoms with van der Waals surface area (Å²) >= 11 is 0. The lowest BCUT2D eigenvalue weighted by atomic mass is 9.94. The Labute approximate surface area is 290 Å². The number of phenols is 4. The molecule has 4 N–H and O–H groups in total. The number of aryl methyl sites for hydroxylation is 1. The minimum atomic E-state index is -0.154. The van der Waals surface area contributed by atoms with Crippen LogP contribution in [0.4, 0.5) is 0 Å². The Bertz CT molecular complexity index is 1840. The molecule has 0 radical (unpaired) electrons. The van der Waals surface area contributed by atoms with Crippen molar-refractivity contribution in [3.8, 4) is 56.9 Å². The van der Waals surface area contributed by atoms with E-state index in [9.17, 15) is 20.4 Å². The molecule has 5 aromatic rings. The van der Waals surface area contributed by atoms with Crippen molar-refractivity contribution in [1.82, 2.24) is 15.0 Å². The smallest absolute Gasteiger partial charge is 0.167 e. The van der Waals surface area contributed by atoms with Crippen molar-refractivity contribution in [2.45, 2.75) is 80.6 Å². The van der Waals surface area contributed by atoms with E-state index in [2.05, 4.69) is 56.1 Å². The average Bonchev–Trinajstić information content (AvgIpc) is 3.12. The summed E-state index contributed by atoms with van der Waals surface area (Å²) in [5.41, 5.74) is 5.99. The Hall–Kier alpha value is -5.17. The van der Waals surface area contributed by atoms with Crippen molar-refractivity contribution in [1.29, 1.82) is 0 Å². The van der Waals surface area contributed by atoms with Crippen LogP contribution in [-0.2, 0) is 0 Å². The number of aromatic nitrogens is 3. The normalized spacial score (nSPS) is 11.4. The third-order valence-corrected chi connectivity index (χ3v) is 9.21. The molecule has 0 amide bonds. The maximum absolute atomic E-state index is 10.9. The number of phenolic OH excluding ortho intramolecular Hbond substituents is 4. The maximum atomic E-state index is 10.9. The van der Waals surface area contributed by atoms with E-state index in [-0.39, 0.29) is 34.6 Å². The van der Waals surface area contributed by atoms with Gasteiger partial charge in [-0.05, 0) is 86.2 Å². The van der Waals surface area contributed by atoms with Gasteiger partial charge in [0, 0.05) is 16.7 Å². The molecule has 1 heterocycles. The minimum absolute atomic E-state index is 0.0509. The topological polar surface area (TPSA) is 120 Å². The zero-order valence-electron chi connectivity index (χ0n) is 29.7. The summed E-state index contributed by atoms with van der Waals surface area (Å²) in [6, 6.07) is 22.3. The zero-order valence-corrected chi connectivity index (χ0v) is 29.7. The van der Waals surface area contributed by atoms with Gasteiger partial charge in [-0.15, -0.1) is 0 Å². The van der Waals surface area contributed by atoms with Gasteiger partial charge in [-0.1, -0.05) is 101 Å². The second kappa shape index (κ2) is 16.8. The molecule has 0 aliphatic rings. The molecule has 5 rings (SSSR count). The van der Waals surface area contributed by atoms with E-state index in [0.717, 1.165) is 33.7 Å². The van der Waals surface area contributed by atoms with E-state index in [4.69, 9.17) is 9.97 Å². The first-order chi connectivity index (χ1) is 23.5. The molecule has 4 aromatic carbocycles. The Morgan fingerprint density at radius 3 is 1.71 bits per heavy atom. The van der Waals surface area contributed by atoms with Crippen LogP contribution >= 0.6 is 0 Å². The zero-order chi connectivity index (χ0) is 35.7. The number of rotatable bonds is 10. The fourth-order valence-electron chi connectivity index (χ4n) is 5.79. The summed E-state index contributed by atoms with van der Waals surface area (Å²) in [6.45, 7) is 14.0. The van der Waals surface area contributed by atoms with Crippen LogP contribution in [0.3, 0.4) is 0 Å². The predicted molar refractivity (Wildman–Crippen MR) is 200 cm³/mol. The van der Waals surface area contributed by atoms with Crippen molar-refractivity contribution < 1.29 is 20.4 Å². The van der Waals surface area contributed by atoms with E-state index >= 15 is 0 Å². The summed E-state index contributed by atoms with van der Waals surface area (Å²) in [4.78, 5) is 14.1. The second-order valence-electron chi connectivity index (χ2n) is 12.4. The first kappa shape index (κ1) is 36.7. The summed E-state index contributed by atoms with van der Waals surface area (Å²) in [5, 5.41) is 42.0. The molecule has 0 saturated heterocycles. The number of nitrogens with zero attached hydrogens (tertiary/aromatic N) is 3. The molecule has 0 aliphatic heterocycles. The van der Waals surface area contributed by atoms with Crippen molar-refractivity contribution in [2.75, 3.05) is 0 Å². The lowest BCUT2D eigenvalue weighted by Crippen LogP contribution is -2.05. The van der Waals surface area contributed by atoms with E-state index in [1.807, 2.05) is 38.1 Å². The molecule has 256 valence electrons. The molecular formula is C42H49N3O4. The van der Waals surface area contributed by atoms with Crippen LogP contribution in [0.2, 0.25) is 0 Å². The highest BCUT2D eigenvalue weighted by Gasteiger charge is 2.21. The lowest BCUT2D eigenvalue weighted by Gasteiger charge is -2.15. The first-order valence-electron chi connectivity index (χ1n) is 17.2. The van der Waals surface area contributed by atoms with Crippen molar-refractivity contribution >= 4 is 5.57 Å². The van der Waals surface area contributed by atoms with Gasteiger partial charge in [-0.3, -0.25) is 0 Å². The quantitative estimate of drug-likeness (QED) is 0.118. The fraction of sp³-hybridized carbons (Fsp3) is 0.310. The lowest BCUT2D eigenvalue weighted by molar-refractivity contribution is 0.438. The highest BCUT2D eigenvalue weighted by atomic mass is 16.3. The van der Waals surface area contributed by atoms with Gasteiger partial charge in [0.1, 0.15) is 23.0 Å². The van der Waals surface area contributed by atoms with E-state index in [1.165, 1.54) is 44.2 Å². The summed E-state index contributed by atoms with van der Waals surface area (Å²) in [6.07, 6.45) is 8.89. The standard InChI is InChI=1S/C33H29N3O4.C9H20/c1-5-23(26-17-22(12-11-18(26)2)21-9-7-6-8-10-21)31-34-32(24-13-15-27(37)19(3)29(24)39)36-33(35-31)25-14-16-28(38)20(4)30(25)40;1-4-7-8-9(5-2)6-3/h5-17,37-40H,1-4H3;9H,4-8H2,1-3H3/b23-5+;. The van der Waals surface area contributed by atoms with Crippen LogP contribution in [0.5, 0.6) is 23.0 Å². The molecule has 0 bridgehead atoms. The SMILES string of the molecule is C/C=C(/c1nc(-c2ccc(O)c(C)c2O)nc(-c2ccc(O)c(C)c2O)n1)c1cc(-c2ccccc2)ccc1C.CCCCC(CC)CC. The molecule has 1 aromatic heterocycles. The number of allylic oxidation sites excluding steroid dienone is 1. The minimum Gasteiger partial charge on any atom is -0.508 e. The molecule has 0 fully saturated rings. The van der Waals surface area contributed by atoms with Crippen LogP contribution in [0.25, 0.3) is 39.5 Å². The summed E-state index contributed by atoms with van der Waals surface area (Å²) in [7, 11) is 0. The van der Waals surface area contributed by atoms with E-state index < -0.39 is 0 Å². The van der Waals surface area contributed by atoms with E-state index in [1.54, 1.807) is 26.0 Å². The van der Waals surface area contributed by atoms with Gasteiger partial charge < -0.3 is 20.4 Å². The largest absolute Gasteiger partial charge is 0.508 e. The van der Waals surface area contributed by atoms with Crippen LogP contribution in [0, 0.1) is 26.7 Å².